The highest BCUT2D eigenvalue weighted by molar-refractivity contribution is 5.76. The molecule has 0 aliphatic rings. The highest BCUT2D eigenvalue weighted by Crippen LogP contribution is 2.16. The van der Waals surface area contributed by atoms with Gasteiger partial charge in [0.1, 0.15) is 0 Å². The molecule has 0 saturated carbocycles. The first kappa shape index (κ1) is 58.3. The molecule has 0 aromatic heterocycles. The van der Waals surface area contributed by atoms with Crippen molar-refractivity contribution < 1.29 is 24.5 Å². The van der Waals surface area contributed by atoms with Crippen molar-refractivity contribution in [3.63, 3.8) is 0 Å². The number of ether oxygens (including phenoxy) is 1. The molecule has 0 aromatic carbocycles. The maximum atomic E-state index is 12.4. The van der Waals surface area contributed by atoms with Gasteiger partial charge in [-0.1, -0.05) is 244 Å². The second-order valence-corrected chi connectivity index (χ2v) is 18.2. The normalized spacial score (nSPS) is 12.8. The lowest BCUT2D eigenvalue weighted by molar-refractivity contribution is -0.143. The Morgan fingerprint density at radius 3 is 1.23 bits per heavy atom. The highest BCUT2D eigenvalue weighted by atomic mass is 16.5. The van der Waals surface area contributed by atoms with E-state index >= 15 is 0 Å². The van der Waals surface area contributed by atoms with Gasteiger partial charge < -0.3 is 20.3 Å². The Morgan fingerprint density at radius 1 is 0.450 bits per heavy atom. The molecule has 6 nitrogen and oxygen atoms in total. The van der Waals surface area contributed by atoms with Crippen LogP contribution in [0.2, 0.25) is 0 Å². The van der Waals surface area contributed by atoms with E-state index in [0.29, 0.717) is 19.4 Å². The molecule has 0 fully saturated rings. The van der Waals surface area contributed by atoms with E-state index in [4.69, 9.17) is 4.74 Å². The van der Waals surface area contributed by atoms with E-state index in [1.54, 1.807) is 6.08 Å². The fourth-order valence-corrected chi connectivity index (χ4v) is 8.08. The van der Waals surface area contributed by atoms with Crippen molar-refractivity contribution in [1.82, 2.24) is 5.32 Å². The minimum atomic E-state index is -0.846. The number of amides is 1. The average Bonchev–Trinajstić information content (AvgIpc) is 3.25. The Bertz CT molecular complexity index is 935. The molecular weight excluding hydrogens is 743 g/mol. The van der Waals surface area contributed by atoms with Gasteiger partial charge >= 0.3 is 5.97 Å². The van der Waals surface area contributed by atoms with Crippen LogP contribution in [0.5, 0.6) is 0 Å². The number of nitrogens with one attached hydrogen (secondary N) is 1. The lowest BCUT2D eigenvalue weighted by Crippen LogP contribution is -2.45. The van der Waals surface area contributed by atoms with E-state index in [0.717, 1.165) is 44.9 Å². The predicted octanol–water partition coefficient (Wildman–Crippen LogP) is 15.9. The summed E-state index contributed by atoms with van der Waals surface area (Å²) in [4.78, 5) is 24.4. The van der Waals surface area contributed by atoms with Gasteiger partial charge in [0.05, 0.1) is 25.4 Å². The van der Waals surface area contributed by atoms with Crippen molar-refractivity contribution in [3.8, 4) is 0 Å². The SMILES string of the molecule is CCCC/C=C\CCCCCCCC(=O)OCCCCCCCCCCCCCCCCCCCCC(=O)NC(CO)C(O)/C=C/CCCCCCCCCCCCCC. The Morgan fingerprint density at radius 2 is 0.800 bits per heavy atom. The van der Waals surface area contributed by atoms with E-state index < -0.39 is 12.1 Å². The van der Waals surface area contributed by atoms with Gasteiger partial charge in [-0.25, -0.2) is 0 Å². The molecule has 0 bridgehead atoms. The molecule has 0 spiro atoms. The number of carbonyl (C=O) groups excluding carboxylic acids is 2. The third-order valence-corrected chi connectivity index (χ3v) is 12.2. The summed E-state index contributed by atoms with van der Waals surface area (Å²) in [6.45, 7) is 4.85. The van der Waals surface area contributed by atoms with E-state index in [2.05, 4.69) is 31.3 Å². The Hall–Kier alpha value is -1.66. The number of esters is 1. The molecule has 354 valence electrons. The van der Waals surface area contributed by atoms with E-state index in [1.165, 1.54) is 212 Å². The summed E-state index contributed by atoms with van der Waals surface area (Å²) in [5, 5.41) is 23.1. The monoisotopic (exact) mass is 846 g/mol. The van der Waals surface area contributed by atoms with Crippen LogP contribution in [0.4, 0.5) is 0 Å². The Labute approximate surface area is 373 Å². The number of carbonyl (C=O) groups is 2. The number of rotatable bonds is 49. The highest BCUT2D eigenvalue weighted by Gasteiger charge is 2.18. The first-order valence-electron chi connectivity index (χ1n) is 26.6. The second-order valence-electron chi connectivity index (χ2n) is 18.2. The molecule has 0 saturated heterocycles. The number of hydrogen-bond donors (Lipinski definition) is 3. The summed E-state index contributed by atoms with van der Waals surface area (Å²) in [6, 6.07) is -0.630. The maximum Gasteiger partial charge on any atom is 0.305 e. The van der Waals surface area contributed by atoms with Gasteiger partial charge in [0.25, 0.3) is 0 Å². The summed E-state index contributed by atoms with van der Waals surface area (Å²) in [6.07, 6.45) is 59.0. The summed E-state index contributed by atoms with van der Waals surface area (Å²) in [5.74, 6) is -0.0768. The number of aliphatic hydroxyl groups is 2. The standard InChI is InChI=1S/C54H103NO5/c1-3-5-7-9-11-13-15-16-23-27-30-34-38-42-46-52(57)51(50-56)55-53(58)47-43-39-35-31-28-24-21-19-17-18-20-22-25-29-33-37-41-45-49-60-54(59)48-44-40-36-32-26-14-12-10-8-6-4-2/h10,12,42,46,51-52,56-57H,3-9,11,13-41,43-45,47-50H2,1-2H3,(H,55,58)/b12-10-,46-42+. The molecule has 0 rings (SSSR count). The van der Waals surface area contributed by atoms with E-state index in [9.17, 15) is 19.8 Å². The summed E-state index contributed by atoms with van der Waals surface area (Å²) >= 11 is 0. The van der Waals surface area contributed by atoms with Gasteiger partial charge in [-0.05, 0) is 51.4 Å². The zero-order valence-electron chi connectivity index (χ0n) is 40.2. The number of aliphatic hydroxyl groups excluding tert-OH is 2. The topological polar surface area (TPSA) is 95.9 Å². The molecule has 6 heteroatoms. The fourth-order valence-electron chi connectivity index (χ4n) is 8.08. The van der Waals surface area contributed by atoms with Gasteiger partial charge in [0, 0.05) is 12.8 Å². The minimum Gasteiger partial charge on any atom is -0.466 e. The quantitative estimate of drug-likeness (QED) is 0.0322. The van der Waals surface area contributed by atoms with Crippen molar-refractivity contribution in [3.05, 3.63) is 24.3 Å². The van der Waals surface area contributed by atoms with Crippen LogP contribution in [-0.2, 0) is 14.3 Å². The fraction of sp³-hybridized carbons (Fsp3) is 0.889. The smallest absolute Gasteiger partial charge is 0.305 e. The third-order valence-electron chi connectivity index (χ3n) is 12.2. The van der Waals surface area contributed by atoms with Crippen LogP contribution < -0.4 is 5.32 Å². The first-order chi connectivity index (χ1) is 29.5. The van der Waals surface area contributed by atoms with Gasteiger partial charge in [-0.15, -0.1) is 0 Å². The van der Waals surface area contributed by atoms with Crippen LogP contribution in [0.3, 0.4) is 0 Å². The summed E-state index contributed by atoms with van der Waals surface area (Å²) < 4.78 is 5.45. The summed E-state index contributed by atoms with van der Waals surface area (Å²) in [7, 11) is 0. The minimum absolute atomic E-state index is 0.00487. The Balaban J connectivity index is 3.44. The number of hydrogen-bond acceptors (Lipinski definition) is 5. The van der Waals surface area contributed by atoms with Crippen LogP contribution in [0, 0.1) is 0 Å². The van der Waals surface area contributed by atoms with Crippen molar-refractivity contribution in [2.24, 2.45) is 0 Å². The molecule has 60 heavy (non-hydrogen) atoms. The molecule has 0 aliphatic heterocycles. The summed E-state index contributed by atoms with van der Waals surface area (Å²) in [5.41, 5.74) is 0. The average molecular weight is 846 g/mol. The van der Waals surface area contributed by atoms with Gasteiger partial charge in [0.15, 0.2) is 0 Å². The van der Waals surface area contributed by atoms with Crippen LogP contribution >= 0.6 is 0 Å². The predicted molar refractivity (Wildman–Crippen MR) is 260 cm³/mol. The molecule has 2 unspecified atom stereocenters. The number of unbranched alkanes of at least 4 members (excludes halogenated alkanes) is 36. The van der Waals surface area contributed by atoms with Gasteiger partial charge in [-0.2, -0.15) is 0 Å². The molecule has 0 aromatic rings. The molecule has 1 amide bonds. The molecule has 0 aliphatic carbocycles. The van der Waals surface area contributed by atoms with Crippen LogP contribution in [0.15, 0.2) is 24.3 Å². The molecule has 3 N–H and O–H groups in total. The van der Waals surface area contributed by atoms with Crippen LogP contribution in [0.1, 0.15) is 284 Å². The van der Waals surface area contributed by atoms with Crippen molar-refractivity contribution >= 4 is 11.9 Å². The van der Waals surface area contributed by atoms with E-state index in [-0.39, 0.29) is 18.5 Å². The van der Waals surface area contributed by atoms with Crippen LogP contribution in [-0.4, -0.2) is 47.4 Å². The zero-order chi connectivity index (χ0) is 43.7. The largest absolute Gasteiger partial charge is 0.466 e. The zero-order valence-corrected chi connectivity index (χ0v) is 40.2. The first-order valence-corrected chi connectivity index (χ1v) is 26.6. The molecule has 2 atom stereocenters. The van der Waals surface area contributed by atoms with Crippen molar-refractivity contribution in [2.75, 3.05) is 13.2 Å². The Kier molecular flexibility index (Phi) is 48.6. The lowest BCUT2D eigenvalue weighted by Gasteiger charge is -2.20. The van der Waals surface area contributed by atoms with Crippen molar-refractivity contribution in [2.45, 2.75) is 296 Å². The molecule has 0 heterocycles. The number of allylic oxidation sites excluding steroid dienone is 3. The lowest BCUT2D eigenvalue weighted by atomic mass is 10.0. The van der Waals surface area contributed by atoms with Gasteiger partial charge in [0.2, 0.25) is 5.91 Å². The second kappa shape index (κ2) is 50.0. The van der Waals surface area contributed by atoms with Crippen LogP contribution in [0.25, 0.3) is 0 Å². The maximum absolute atomic E-state index is 12.4. The molecule has 0 radical (unpaired) electrons. The van der Waals surface area contributed by atoms with Gasteiger partial charge in [-0.3, -0.25) is 9.59 Å². The molecular formula is C54H103NO5. The van der Waals surface area contributed by atoms with E-state index in [1.807, 2.05) is 6.08 Å². The third kappa shape index (κ3) is 45.9. The van der Waals surface area contributed by atoms with Crippen molar-refractivity contribution in [1.29, 1.82) is 0 Å².